The quantitative estimate of drug-likeness (QED) is 0.712. The van der Waals surface area contributed by atoms with E-state index in [2.05, 4.69) is 15.2 Å². The zero-order chi connectivity index (χ0) is 19.5. The molecule has 0 atom stereocenters. The van der Waals surface area contributed by atoms with E-state index in [4.69, 9.17) is 0 Å². The van der Waals surface area contributed by atoms with Gasteiger partial charge in [-0.3, -0.25) is 13.9 Å². The second-order valence-corrected chi connectivity index (χ2v) is 7.10. The molecule has 0 unspecified atom stereocenters. The number of aryl methyl sites for hydroxylation is 1. The normalized spacial score (nSPS) is 14.0. The lowest BCUT2D eigenvalue weighted by Crippen LogP contribution is -2.32. The van der Waals surface area contributed by atoms with Crippen molar-refractivity contribution in [3.05, 3.63) is 58.6 Å². The largest absolute Gasteiger partial charge is 0.357 e. The van der Waals surface area contributed by atoms with Gasteiger partial charge in [-0.25, -0.2) is 9.78 Å². The first-order chi connectivity index (χ1) is 13.7. The molecule has 1 aromatic carbocycles. The van der Waals surface area contributed by atoms with Crippen molar-refractivity contribution in [1.29, 1.82) is 0 Å². The number of hydrogen-bond acceptors (Lipinski definition) is 4. The van der Waals surface area contributed by atoms with Crippen molar-refractivity contribution in [2.45, 2.75) is 39.4 Å². The molecule has 0 saturated carbocycles. The monoisotopic (exact) mass is 379 g/mol. The summed E-state index contributed by atoms with van der Waals surface area (Å²) in [5.74, 6) is 0.802. The number of imidazole rings is 1. The van der Waals surface area contributed by atoms with Crippen LogP contribution in [0.2, 0.25) is 0 Å². The number of nitrogens with one attached hydrogen (secondary N) is 1. The Morgan fingerprint density at radius 1 is 1.07 bits per heavy atom. The summed E-state index contributed by atoms with van der Waals surface area (Å²) in [6, 6.07) is 11.6. The van der Waals surface area contributed by atoms with Crippen LogP contribution in [0, 0.1) is 0 Å². The first-order valence-corrected chi connectivity index (χ1v) is 9.82. The molecular formula is C21H25N5O2. The highest BCUT2D eigenvalue weighted by atomic mass is 16.2. The Morgan fingerprint density at radius 3 is 2.43 bits per heavy atom. The molecule has 1 aliphatic heterocycles. The van der Waals surface area contributed by atoms with E-state index in [1.54, 1.807) is 4.57 Å². The number of nitrogens with zero attached hydrogens (tertiary/aromatic N) is 4. The molecule has 3 heterocycles. The third-order valence-electron chi connectivity index (χ3n) is 5.27. The Bertz CT molecular complexity index is 1030. The second-order valence-electron chi connectivity index (χ2n) is 7.10. The fourth-order valence-electron chi connectivity index (χ4n) is 3.79. The molecule has 28 heavy (non-hydrogen) atoms. The average molecular weight is 379 g/mol. The van der Waals surface area contributed by atoms with Gasteiger partial charge in [-0.15, -0.1) is 0 Å². The van der Waals surface area contributed by atoms with Gasteiger partial charge in [-0.2, -0.15) is 0 Å². The van der Waals surface area contributed by atoms with Crippen molar-refractivity contribution in [2.24, 2.45) is 0 Å². The molecule has 7 heteroatoms. The number of aromatic nitrogens is 3. The highest BCUT2D eigenvalue weighted by molar-refractivity contribution is 5.80. The Morgan fingerprint density at radius 2 is 1.79 bits per heavy atom. The molecule has 146 valence electrons. The van der Waals surface area contributed by atoms with E-state index in [0.29, 0.717) is 13.1 Å². The van der Waals surface area contributed by atoms with E-state index in [0.717, 1.165) is 35.5 Å². The number of para-hydroxylation sites is 2. The van der Waals surface area contributed by atoms with Gasteiger partial charge in [0.1, 0.15) is 12.4 Å². The molecule has 0 aliphatic carbocycles. The summed E-state index contributed by atoms with van der Waals surface area (Å²) in [6.45, 7) is 5.02. The van der Waals surface area contributed by atoms with Gasteiger partial charge in [0.2, 0.25) is 5.91 Å². The van der Waals surface area contributed by atoms with E-state index in [1.807, 2.05) is 49.5 Å². The molecule has 1 N–H and O–H groups in total. The standard InChI is InChI=1S/C21H25N5O2/c1-2-25-17-7-3-4-8-18(17)26(21(25)28)15-20(27)23-14-16-9-10-19(22-13-16)24-11-5-6-12-24/h3-4,7-10,13H,2,5-6,11-12,14-15H2,1H3,(H,23,27). The topological polar surface area (TPSA) is 72.2 Å². The summed E-state index contributed by atoms with van der Waals surface area (Å²) in [6.07, 6.45) is 4.24. The van der Waals surface area contributed by atoms with Crippen LogP contribution in [0.3, 0.4) is 0 Å². The summed E-state index contributed by atoms with van der Waals surface area (Å²) in [5, 5.41) is 2.89. The van der Waals surface area contributed by atoms with Crippen LogP contribution in [0.4, 0.5) is 5.82 Å². The van der Waals surface area contributed by atoms with Crippen LogP contribution in [-0.2, 0) is 24.4 Å². The van der Waals surface area contributed by atoms with Crippen molar-refractivity contribution >= 4 is 22.8 Å². The zero-order valence-electron chi connectivity index (χ0n) is 16.1. The number of anilines is 1. The summed E-state index contributed by atoms with van der Waals surface area (Å²) in [7, 11) is 0. The van der Waals surface area contributed by atoms with Crippen LogP contribution in [-0.4, -0.2) is 33.1 Å². The number of pyridine rings is 1. The lowest BCUT2D eigenvalue weighted by atomic mass is 10.2. The first-order valence-electron chi connectivity index (χ1n) is 9.82. The Kier molecular flexibility index (Phi) is 5.14. The molecule has 3 aromatic rings. The molecule has 1 saturated heterocycles. The highest BCUT2D eigenvalue weighted by Gasteiger charge is 2.15. The summed E-state index contributed by atoms with van der Waals surface area (Å²) in [5.41, 5.74) is 2.42. The van der Waals surface area contributed by atoms with Gasteiger partial charge in [-0.1, -0.05) is 18.2 Å². The third-order valence-corrected chi connectivity index (χ3v) is 5.27. The van der Waals surface area contributed by atoms with Gasteiger partial charge in [0.05, 0.1) is 11.0 Å². The van der Waals surface area contributed by atoms with E-state index in [1.165, 1.54) is 17.4 Å². The smallest absolute Gasteiger partial charge is 0.329 e. The van der Waals surface area contributed by atoms with E-state index < -0.39 is 0 Å². The number of fused-ring (bicyclic) bond motifs is 1. The minimum Gasteiger partial charge on any atom is -0.357 e. The molecular weight excluding hydrogens is 354 g/mol. The van der Waals surface area contributed by atoms with Crippen molar-refractivity contribution in [3.8, 4) is 0 Å². The Hall–Kier alpha value is -3.09. The van der Waals surface area contributed by atoms with Gasteiger partial charge in [0.15, 0.2) is 0 Å². The fourth-order valence-corrected chi connectivity index (χ4v) is 3.79. The molecule has 0 radical (unpaired) electrons. The number of rotatable bonds is 6. The van der Waals surface area contributed by atoms with Crippen LogP contribution in [0.5, 0.6) is 0 Å². The fraction of sp³-hybridized carbons (Fsp3) is 0.381. The maximum Gasteiger partial charge on any atom is 0.329 e. The SMILES string of the molecule is CCn1c(=O)n(CC(=O)NCc2ccc(N3CCCC3)nc2)c2ccccc21. The number of amides is 1. The van der Waals surface area contributed by atoms with Crippen LogP contribution in [0.15, 0.2) is 47.4 Å². The van der Waals surface area contributed by atoms with Crippen LogP contribution in [0.1, 0.15) is 25.3 Å². The Labute approximate surface area is 163 Å². The van der Waals surface area contributed by atoms with Crippen LogP contribution in [0.25, 0.3) is 11.0 Å². The second kappa shape index (κ2) is 7.88. The number of carbonyl (C=O) groups is 1. The number of carbonyl (C=O) groups excluding carboxylic acids is 1. The maximum atomic E-state index is 12.6. The minimum absolute atomic E-state index is 0.00559. The highest BCUT2D eigenvalue weighted by Crippen LogP contribution is 2.17. The summed E-state index contributed by atoms with van der Waals surface area (Å²) >= 11 is 0. The molecule has 0 bridgehead atoms. The van der Waals surface area contributed by atoms with Gasteiger partial charge in [0, 0.05) is 32.4 Å². The predicted molar refractivity (Wildman–Crippen MR) is 109 cm³/mol. The van der Waals surface area contributed by atoms with E-state index in [9.17, 15) is 9.59 Å². The zero-order valence-corrected chi connectivity index (χ0v) is 16.1. The van der Waals surface area contributed by atoms with Crippen LogP contribution >= 0.6 is 0 Å². The van der Waals surface area contributed by atoms with Gasteiger partial charge in [-0.05, 0) is 43.5 Å². The molecule has 1 amide bonds. The van der Waals surface area contributed by atoms with Gasteiger partial charge >= 0.3 is 5.69 Å². The minimum atomic E-state index is -0.190. The molecule has 4 rings (SSSR count). The summed E-state index contributed by atoms with van der Waals surface area (Å²) in [4.78, 5) is 31.9. The molecule has 1 fully saturated rings. The van der Waals surface area contributed by atoms with Crippen molar-refractivity contribution in [2.75, 3.05) is 18.0 Å². The van der Waals surface area contributed by atoms with Crippen molar-refractivity contribution in [3.63, 3.8) is 0 Å². The van der Waals surface area contributed by atoms with Gasteiger partial charge in [0.25, 0.3) is 0 Å². The first kappa shape index (κ1) is 18.3. The van der Waals surface area contributed by atoms with Gasteiger partial charge < -0.3 is 10.2 Å². The summed E-state index contributed by atoms with van der Waals surface area (Å²) < 4.78 is 3.21. The lowest BCUT2D eigenvalue weighted by Gasteiger charge is -2.16. The molecule has 1 aliphatic rings. The van der Waals surface area contributed by atoms with Crippen molar-refractivity contribution in [1.82, 2.24) is 19.4 Å². The average Bonchev–Trinajstić information content (AvgIpc) is 3.34. The predicted octanol–water partition coefficient (Wildman–Crippen LogP) is 2.13. The third kappa shape index (κ3) is 3.52. The Balaban J connectivity index is 1.42. The maximum absolute atomic E-state index is 12.6. The molecule has 2 aromatic heterocycles. The van der Waals surface area contributed by atoms with Crippen molar-refractivity contribution < 1.29 is 4.79 Å². The molecule has 0 spiro atoms. The lowest BCUT2D eigenvalue weighted by molar-refractivity contribution is -0.121. The van der Waals surface area contributed by atoms with E-state index >= 15 is 0 Å². The van der Waals surface area contributed by atoms with E-state index in [-0.39, 0.29) is 18.1 Å². The number of hydrogen-bond donors (Lipinski definition) is 1. The molecule has 7 nitrogen and oxygen atoms in total. The number of benzene rings is 1. The van der Waals surface area contributed by atoms with Crippen LogP contribution < -0.4 is 15.9 Å².